The first-order valence-corrected chi connectivity index (χ1v) is 6.65. The Morgan fingerprint density at radius 3 is 2.79 bits per heavy atom. The van der Waals surface area contributed by atoms with Crippen molar-refractivity contribution in [2.45, 2.75) is 25.7 Å². The van der Waals surface area contributed by atoms with E-state index < -0.39 is 0 Å². The first-order valence-electron chi connectivity index (χ1n) is 6.65. The summed E-state index contributed by atoms with van der Waals surface area (Å²) in [6.45, 7) is 1.03. The summed E-state index contributed by atoms with van der Waals surface area (Å²) in [5, 5.41) is 12.4. The minimum Gasteiger partial charge on any atom is -0.396 e. The van der Waals surface area contributed by atoms with E-state index in [9.17, 15) is 4.79 Å². The van der Waals surface area contributed by atoms with Gasteiger partial charge in [-0.05, 0) is 25.0 Å². The third-order valence-electron chi connectivity index (χ3n) is 2.99. The molecule has 0 atom stereocenters. The molecule has 1 aromatic heterocycles. The van der Waals surface area contributed by atoms with Gasteiger partial charge < -0.3 is 10.4 Å². The lowest BCUT2D eigenvalue weighted by molar-refractivity contribution is 0.283. The molecule has 0 fully saturated rings. The van der Waals surface area contributed by atoms with Crippen LogP contribution in [-0.4, -0.2) is 28.2 Å². The Hall–Kier alpha value is -1.88. The maximum absolute atomic E-state index is 11.8. The number of benzene rings is 1. The first-order chi connectivity index (χ1) is 9.31. The zero-order valence-electron chi connectivity index (χ0n) is 10.9. The second-order valence-electron chi connectivity index (χ2n) is 4.50. The van der Waals surface area contributed by atoms with Gasteiger partial charge >= 0.3 is 0 Å². The Kier molecular flexibility index (Phi) is 4.92. The third kappa shape index (κ3) is 3.79. The summed E-state index contributed by atoms with van der Waals surface area (Å²) in [5.74, 6) is 0.519. The number of para-hydroxylation sites is 1. The number of anilines is 1. The number of aliphatic hydroxyl groups is 1. The largest absolute Gasteiger partial charge is 0.396 e. The van der Waals surface area contributed by atoms with Crippen LogP contribution < -0.4 is 10.9 Å². The number of aromatic amines is 1. The number of H-pyrrole nitrogens is 1. The number of fused-ring (bicyclic) bond motifs is 1. The molecule has 0 saturated carbocycles. The number of nitrogens with zero attached hydrogens (tertiary/aromatic N) is 1. The van der Waals surface area contributed by atoms with Crippen LogP contribution in [-0.2, 0) is 0 Å². The van der Waals surface area contributed by atoms with Crippen LogP contribution in [0.2, 0.25) is 0 Å². The highest BCUT2D eigenvalue weighted by molar-refractivity contribution is 5.78. The van der Waals surface area contributed by atoms with Crippen molar-refractivity contribution in [2.75, 3.05) is 18.5 Å². The Balaban J connectivity index is 1.92. The van der Waals surface area contributed by atoms with Crippen LogP contribution in [0.5, 0.6) is 0 Å². The van der Waals surface area contributed by atoms with Crippen molar-refractivity contribution in [2.24, 2.45) is 0 Å². The smallest absolute Gasteiger partial charge is 0.260 e. The fraction of sp³-hybridized carbons (Fsp3) is 0.429. The van der Waals surface area contributed by atoms with E-state index in [1.165, 1.54) is 0 Å². The van der Waals surface area contributed by atoms with Gasteiger partial charge in [-0.1, -0.05) is 25.0 Å². The van der Waals surface area contributed by atoms with Crippen molar-refractivity contribution in [1.82, 2.24) is 9.97 Å². The topological polar surface area (TPSA) is 78.0 Å². The van der Waals surface area contributed by atoms with Crippen molar-refractivity contribution < 1.29 is 5.11 Å². The van der Waals surface area contributed by atoms with Crippen LogP contribution in [0.4, 0.5) is 5.95 Å². The number of hydrogen-bond donors (Lipinski definition) is 3. The molecule has 5 nitrogen and oxygen atoms in total. The summed E-state index contributed by atoms with van der Waals surface area (Å²) in [5.41, 5.74) is 0.586. The van der Waals surface area contributed by atoms with Gasteiger partial charge in [-0.2, -0.15) is 0 Å². The Bertz CT molecular complexity index is 580. The van der Waals surface area contributed by atoms with Crippen molar-refractivity contribution in [3.63, 3.8) is 0 Å². The minimum absolute atomic E-state index is 0.117. The van der Waals surface area contributed by atoms with E-state index in [4.69, 9.17) is 5.11 Å². The van der Waals surface area contributed by atoms with Crippen molar-refractivity contribution in [3.8, 4) is 0 Å². The molecule has 0 amide bonds. The second kappa shape index (κ2) is 6.89. The van der Waals surface area contributed by atoms with Crippen molar-refractivity contribution in [1.29, 1.82) is 0 Å². The van der Waals surface area contributed by atoms with Crippen LogP contribution in [0.15, 0.2) is 29.1 Å². The zero-order chi connectivity index (χ0) is 13.5. The van der Waals surface area contributed by atoms with Crippen molar-refractivity contribution >= 4 is 16.9 Å². The van der Waals surface area contributed by atoms with Crippen LogP contribution >= 0.6 is 0 Å². The average Bonchev–Trinajstić information content (AvgIpc) is 2.43. The molecule has 0 aliphatic heterocycles. The Morgan fingerprint density at radius 1 is 1.16 bits per heavy atom. The summed E-state index contributed by atoms with van der Waals surface area (Å²) in [6, 6.07) is 7.29. The van der Waals surface area contributed by atoms with Crippen LogP contribution in [0, 0.1) is 0 Å². The van der Waals surface area contributed by atoms with E-state index in [0.717, 1.165) is 32.2 Å². The average molecular weight is 261 g/mol. The summed E-state index contributed by atoms with van der Waals surface area (Å²) in [4.78, 5) is 18.9. The van der Waals surface area contributed by atoms with Crippen LogP contribution in [0.3, 0.4) is 0 Å². The number of rotatable bonds is 7. The second-order valence-corrected chi connectivity index (χ2v) is 4.50. The number of aliphatic hydroxyl groups excluding tert-OH is 1. The van der Waals surface area contributed by atoms with E-state index in [-0.39, 0.29) is 12.2 Å². The lowest BCUT2D eigenvalue weighted by Crippen LogP contribution is -2.13. The molecule has 2 rings (SSSR count). The highest BCUT2D eigenvalue weighted by atomic mass is 16.2. The Morgan fingerprint density at radius 2 is 1.95 bits per heavy atom. The summed E-state index contributed by atoms with van der Waals surface area (Å²) in [7, 11) is 0. The molecule has 1 heterocycles. The van der Waals surface area contributed by atoms with E-state index in [1.54, 1.807) is 6.07 Å². The van der Waals surface area contributed by atoms with E-state index >= 15 is 0 Å². The molecule has 0 saturated heterocycles. The fourth-order valence-corrected chi connectivity index (χ4v) is 1.97. The molecule has 0 radical (unpaired) electrons. The summed E-state index contributed by atoms with van der Waals surface area (Å²) < 4.78 is 0. The highest BCUT2D eigenvalue weighted by Gasteiger charge is 2.01. The van der Waals surface area contributed by atoms with Gasteiger partial charge in [-0.25, -0.2) is 4.98 Å². The van der Waals surface area contributed by atoms with Gasteiger partial charge in [-0.15, -0.1) is 0 Å². The molecule has 0 spiro atoms. The van der Waals surface area contributed by atoms with Gasteiger partial charge in [0.1, 0.15) is 0 Å². The van der Waals surface area contributed by atoms with E-state index in [0.29, 0.717) is 16.9 Å². The molecule has 1 aromatic carbocycles. The molecular formula is C14H19N3O2. The summed E-state index contributed by atoms with van der Waals surface area (Å²) in [6.07, 6.45) is 3.94. The van der Waals surface area contributed by atoms with Crippen LogP contribution in [0.1, 0.15) is 25.7 Å². The third-order valence-corrected chi connectivity index (χ3v) is 2.99. The molecule has 5 heteroatoms. The number of aromatic nitrogens is 2. The molecule has 0 bridgehead atoms. The fourth-order valence-electron chi connectivity index (χ4n) is 1.97. The quantitative estimate of drug-likeness (QED) is 0.665. The van der Waals surface area contributed by atoms with E-state index in [1.807, 2.05) is 18.2 Å². The lowest BCUT2D eigenvalue weighted by atomic mass is 10.2. The van der Waals surface area contributed by atoms with Gasteiger partial charge in [0.15, 0.2) is 0 Å². The predicted molar refractivity (Wildman–Crippen MR) is 76.4 cm³/mol. The normalized spacial score (nSPS) is 10.8. The first kappa shape index (κ1) is 13.5. The highest BCUT2D eigenvalue weighted by Crippen LogP contribution is 2.08. The van der Waals surface area contributed by atoms with Gasteiger partial charge in [-0.3, -0.25) is 9.78 Å². The molecule has 2 aromatic rings. The zero-order valence-corrected chi connectivity index (χ0v) is 10.9. The van der Waals surface area contributed by atoms with Gasteiger partial charge in [0.25, 0.3) is 5.56 Å². The van der Waals surface area contributed by atoms with Gasteiger partial charge in [0.2, 0.25) is 5.95 Å². The SMILES string of the molecule is O=c1[nH]c(NCCCCCCO)nc2ccccc12. The number of nitrogens with one attached hydrogen (secondary N) is 2. The van der Waals surface area contributed by atoms with Gasteiger partial charge in [0.05, 0.1) is 10.9 Å². The van der Waals surface area contributed by atoms with E-state index in [2.05, 4.69) is 15.3 Å². The molecule has 102 valence electrons. The molecular weight excluding hydrogens is 242 g/mol. The molecule has 0 aliphatic rings. The maximum Gasteiger partial charge on any atom is 0.260 e. The standard InChI is InChI=1S/C14H19N3O2/c18-10-6-2-1-5-9-15-14-16-12-8-4-3-7-11(12)13(19)17-14/h3-4,7-8,18H,1-2,5-6,9-10H2,(H2,15,16,17,19). The van der Waals surface area contributed by atoms with Gasteiger partial charge in [0, 0.05) is 13.2 Å². The number of hydrogen-bond acceptors (Lipinski definition) is 4. The molecule has 0 aliphatic carbocycles. The minimum atomic E-state index is -0.117. The lowest BCUT2D eigenvalue weighted by Gasteiger charge is -2.06. The molecule has 19 heavy (non-hydrogen) atoms. The maximum atomic E-state index is 11.8. The predicted octanol–water partition coefficient (Wildman–Crippen LogP) is 1.89. The van der Waals surface area contributed by atoms with Crippen molar-refractivity contribution in [3.05, 3.63) is 34.6 Å². The molecule has 0 unspecified atom stereocenters. The number of unbranched alkanes of at least 4 members (excludes halogenated alkanes) is 3. The van der Waals surface area contributed by atoms with Crippen LogP contribution in [0.25, 0.3) is 10.9 Å². The molecule has 3 N–H and O–H groups in total. The Labute approximate surface area is 111 Å². The summed E-state index contributed by atoms with van der Waals surface area (Å²) >= 11 is 0. The monoisotopic (exact) mass is 261 g/mol.